The molecule has 0 spiro atoms. The third-order valence-electron chi connectivity index (χ3n) is 3.19. The van der Waals surface area contributed by atoms with Gasteiger partial charge < -0.3 is 9.62 Å². The number of sulfonamides is 1. The van der Waals surface area contributed by atoms with E-state index >= 15 is 0 Å². The minimum Gasteiger partial charge on any atom is -0.568 e. The van der Waals surface area contributed by atoms with Crippen LogP contribution in [0, 0.1) is 0 Å². The van der Waals surface area contributed by atoms with E-state index in [1.807, 2.05) is 18.7 Å². The SMILES string of the molecule is CCN(CC)c1ccc(N=Nc2nncs2)c([N-]S(=O)(=O)C(F)(F)F)c1. The fourth-order valence-electron chi connectivity index (χ4n) is 1.94. The van der Waals surface area contributed by atoms with Gasteiger partial charge in [0, 0.05) is 18.8 Å². The largest absolute Gasteiger partial charge is 0.568 e. The number of halogens is 3. The molecule has 142 valence electrons. The summed E-state index contributed by atoms with van der Waals surface area (Å²) in [5, 5.41) is 14.8. The highest BCUT2D eigenvalue weighted by Gasteiger charge is 2.39. The lowest BCUT2D eigenvalue weighted by Crippen LogP contribution is -2.22. The molecule has 0 fully saturated rings. The van der Waals surface area contributed by atoms with Gasteiger partial charge in [0.2, 0.25) is 0 Å². The first-order valence-corrected chi connectivity index (χ1v) is 9.61. The van der Waals surface area contributed by atoms with E-state index in [-0.39, 0.29) is 10.8 Å². The molecule has 0 atom stereocenters. The summed E-state index contributed by atoms with van der Waals surface area (Å²) < 4.78 is 63.8. The van der Waals surface area contributed by atoms with Gasteiger partial charge in [-0.05, 0) is 26.0 Å². The van der Waals surface area contributed by atoms with Crippen LogP contribution in [0.15, 0.2) is 33.9 Å². The molecule has 2 aromatic rings. The van der Waals surface area contributed by atoms with Gasteiger partial charge in [-0.3, -0.25) is 0 Å². The Morgan fingerprint density at radius 1 is 1.23 bits per heavy atom. The quantitative estimate of drug-likeness (QED) is 0.622. The smallest absolute Gasteiger partial charge is 0.483 e. The molecule has 0 radical (unpaired) electrons. The molecule has 0 aliphatic heterocycles. The van der Waals surface area contributed by atoms with E-state index in [0.717, 1.165) is 11.3 Å². The number of hydrogen-bond acceptors (Lipinski definition) is 8. The summed E-state index contributed by atoms with van der Waals surface area (Å²) in [5.74, 6) is 0. The van der Waals surface area contributed by atoms with Gasteiger partial charge in [-0.1, -0.05) is 23.1 Å². The molecule has 13 heteroatoms. The van der Waals surface area contributed by atoms with Gasteiger partial charge in [-0.25, -0.2) is 8.42 Å². The summed E-state index contributed by atoms with van der Waals surface area (Å²) in [4.78, 5) is 1.82. The third kappa shape index (κ3) is 4.66. The van der Waals surface area contributed by atoms with Gasteiger partial charge in [-0.15, -0.1) is 20.4 Å². The first-order chi connectivity index (χ1) is 12.2. The Balaban J connectivity index is 2.46. The highest BCUT2D eigenvalue weighted by Crippen LogP contribution is 2.42. The molecule has 0 saturated carbocycles. The first kappa shape index (κ1) is 20.0. The van der Waals surface area contributed by atoms with Crippen LogP contribution in [-0.2, 0) is 10.0 Å². The molecule has 1 aromatic carbocycles. The summed E-state index contributed by atoms with van der Waals surface area (Å²) >= 11 is 1.06. The number of anilines is 1. The van der Waals surface area contributed by atoms with Gasteiger partial charge in [-0.2, -0.15) is 13.2 Å². The molecule has 0 aliphatic rings. The normalized spacial score (nSPS) is 12.5. The Morgan fingerprint density at radius 3 is 2.46 bits per heavy atom. The number of hydrogen-bond donors (Lipinski definition) is 0. The maximum absolute atomic E-state index is 12.7. The topological polar surface area (TPSA) is 102 Å². The van der Waals surface area contributed by atoms with Gasteiger partial charge in [0.15, 0.2) is 10.0 Å². The van der Waals surface area contributed by atoms with Crippen LogP contribution in [0.3, 0.4) is 0 Å². The summed E-state index contributed by atoms with van der Waals surface area (Å²) in [6.45, 7) is 4.87. The van der Waals surface area contributed by atoms with Crippen LogP contribution in [0.5, 0.6) is 0 Å². The zero-order valence-electron chi connectivity index (χ0n) is 13.7. The van der Waals surface area contributed by atoms with Crippen LogP contribution >= 0.6 is 11.3 Å². The molecular formula is C13H14F3N6O2S2-. The number of nitrogens with zero attached hydrogens (tertiary/aromatic N) is 6. The van der Waals surface area contributed by atoms with E-state index in [1.54, 1.807) is 6.07 Å². The zero-order valence-corrected chi connectivity index (χ0v) is 15.3. The lowest BCUT2D eigenvalue weighted by atomic mass is 10.2. The van der Waals surface area contributed by atoms with Crippen LogP contribution in [-0.4, -0.2) is 37.2 Å². The molecule has 1 heterocycles. The van der Waals surface area contributed by atoms with Crippen LogP contribution in [0.25, 0.3) is 4.72 Å². The van der Waals surface area contributed by atoms with Crippen molar-refractivity contribution in [2.24, 2.45) is 10.2 Å². The van der Waals surface area contributed by atoms with E-state index < -0.39 is 21.2 Å². The Morgan fingerprint density at radius 2 is 1.92 bits per heavy atom. The van der Waals surface area contributed by atoms with Crippen molar-refractivity contribution in [2.75, 3.05) is 18.0 Å². The van der Waals surface area contributed by atoms with Gasteiger partial charge in [0.05, 0.1) is 5.69 Å². The predicted octanol–water partition coefficient (Wildman–Crippen LogP) is 4.65. The first-order valence-electron chi connectivity index (χ1n) is 7.29. The summed E-state index contributed by atoms with van der Waals surface area (Å²) in [7, 11) is -5.72. The van der Waals surface area contributed by atoms with Crippen molar-refractivity contribution in [2.45, 2.75) is 19.4 Å². The maximum Gasteiger partial charge on any atom is 0.483 e. The van der Waals surface area contributed by atoms with Crippen molar-refractivity contribution in [1.29, 1.82) is 0 Å². The number of azo groups is 1. The monoisotopic (exact) mass is 407 g/mol. The summed E-state index contributed by atoms with van der Waals surface area (Å²) in [6.07, 6.45) is 0. The molecule has 0 unspecified atom stereocenters. The molecule has 2 rings (SSSR count). The molecule has 0 amide bonds. The lowest BCUT2D eigenvalue weighted by Gasteiger charge is -2.28. The second-order valence-electron chi connectivity index (χ2n) is 4.78. The van der Waals surface area contributed by atoms with E-state index in [0.29, 0.717) is 18.8 Å². The van der Waals surface area contributed by atoms with E-state index in [1.165, 1.54) is 17.6 Å². The fraction of sp³-hybridized carbons (Fsp3) is 0.385. The number of alkyl halides is 3. The lowest BCUT2D eigenvalue weighted by molar-refractivity contribution is -0.0425. The standard InChI is InChI=1S/C13H14F3N6O2S2/c1-3-22(4-2)9-5-6-10(18-20-12-19-17-8-25-12)11(7-9)21-26(23,24)13(14,15)16/h5-8H,3-4H2,1-2H3/q-1. The number of benzene rings is 1. The summed E-state index contributed by atoms with van der Waals surface area (Å²) in [5.41, 5.74) is -4.19. The molecule has 0 bridgehead atoms. The Hall–Kier alpha value is -2.28. The minimum atomic E-state index is -5.72. The summed E-state index contributed by atoms with van der Waals surface area (Å²) in [6, 6.07) is 4.17. The third-order valence-corrected chi connectivity index (χ3v) is 4.79. The fourth-order valence-corrected chi connectivity index (χ4v) is 2.82. The number of rotatable bonds is 7. The molecule has 0 aliphatic carbocycles. The highest BCUT2D eigenvalue weighted by atomic mass is 32.2. The van der Waals surface area contributed by atoms with E-state index in [2.05, 4.69) is 25.1 Å². The molecule has 1 aromatic heterocycles. The average molecular weight is 407 g/mol. The molecule has 8 nitrogen and oxygen atoms in total. The van der Waals surface area contributed by atoms with Crippen LogP contribution in [0.2, 0.25) is 0 Å². The van der Waals surface area contributed by atoms with Crippen molar-refractivity contribution >= 4 is 43.6 Å². The van der Waals surface area contributed by atoms with Crippen molar-refractivity contribution in [3.63, 3.8) is 0 Å². The Labute approximate surface area is 151 Å². The predicted molar refractivity (Wildman–Crippen MR) is 92.1 cm³/mol. The average Bonchev–Trinajstić information content (AvgIpc) is 3.07. The van der Waals surface area contributed by atoms with Crippen LogP contribution in [0.1, 0.15) is 13.8 Å². The van der Waals surface area contributed by atoms with Crippen LogP contribution in [0.4, 0.5) is 35.4 Å². The van der Waals surface area contributed by atoms with Gasteiger partial charge in [0.25, 0.3) is 5.13 Å². The second-order valence-corrected chi connectivity index (χ2v) is 7.19. The van der Waals surface area contributed by atoms with E-state index in [4.69, 9.17) is 0 Å². The molecule has 26 heavy (non-hydrogen) atoms. The highest BCUT2D eigenvalue weighted by molar-refractivity contribution is 7.95. The second kappa shape index (κ2) is 7.95. The van der Waals surface area contributed by atoms with Crippen molar-refractivity contribution in [3.8, 4) is 0 Å². The van der Waals surface area contributed by atoms with Crippen molar-refractivity contribution in [3.05, 3.63) is 28.4 Å². The van der Waals surface area contributed by atoms with Crippen molar-refractivity contribution in [1.82, 2.24) is 10.2 Å². The van der Waals surface area contributed by atoms with Crippen molar-refractivity contribution < 1.29 is 21.6 Å². The zero-order chi connectivity index (χ0) is 19.4. The van der Waals surface area contributed by atoms with Gasteiger partial charge in [0.1, 0.15) is 5.51 Å². The minimum absolute atomic E-state index is 0.135. The van der Waals surface area contributed by atoms with E-state index in [9.17, 15) is 21.6 Å². The molecular weight excluding hydrogens is 393 g/mol. The molecule has 0 N–H and O–H groups in total. The molecule has 0 saturated heterocycles. The Bertz CT molecular complexity index is 864. The number of aromatic nitrogens is 2. The Kier molecular flexibility index (Phi) is 6.13. The maximum atomic E-state index is 12.7. The van der Waals surface area contributed by atoms with Gasteiger partial charge >= 0.3 is 5.51 Å². The van der Waals surface area contributed by atoms with Crippen LogP contribution < -0.4 is 4.90 Å².